The standard InChI is InChI=1S/C23H25NO4S/c1-3-27-20-10-8-18(9-11-20)14-24-23(25)22-13-12-21(28-22)16-29(26)15-19-6-4-17(2)5-7-19/h4-13H,3,14-16H2,1-2H3,(H,24,25)/t29-/m1/s1. The fraction of sp³-hybridized carbons (Fsp3) is 0.261. The maximum Gasteiger partial charge on any atom is 0.287 e. The van der Waals surface area contributed by atoms with Crippen molar-refractivity contribution >= 4 is 16.7 Å². The molecule has 0 radical (unpaired) electrons. The summed E-state index contributed by atoms with van der Waals surface area (Å²) in [6, 6.07) is 18.9. The molecule has 0 saturated heterocycles. The maximum absolute atomic E-state index is 12.4. The Bertz CT molecular complexity index is 961. The van der Waals surface area contributed by atoms with Crippen LogP contribution in [0, 0.1) is 6.92 Å². The Balaban J connectivity index is 1.50. The summed E-state index contributed by atoms with van der Waals surface area (Å²) < 4.78 is 23.4. The highest BCUT2D eigenvalue weighted by molar-refractivity contribution is 7.83. The number of rotatable bonds is 9. The SMILES string of the molecule is CCOc1ccc(CNC(=O)c2ccc(C[S@](=O)Cc3ccc(C)cc3)o2)cc1. The zero-order valence-corrected chi connectivity index (χ0v) is 17.5. The third-order valence-electron chi connectivity index (χ3n) is 4.32. The Labute approximate surface area is 173 Å². The van der Waals surface area contributed by atoms with Crippen LogP contribution in [0.4, 0.5) is 0 Å². The summed E-state index contributed by atoms with van der Waals surface area (Å²) in [5, 5.41) is 2.83. The van der Waals surface area contributed by atoms with E-state index in [2.05, 4.69) is 5.32 Å². The number of aryl methyl sites for hydroxylation is 1. The molecule has 0 saturated carbocycles. The monoisotopic (exact) mass is 411 g/mol. The molecule has 2 aromatic carbocycles. The molecule has 29 heavy (non-hydrogen) atoms. The second-order valence-corrected chi connectivity index (χ2v) is 8.20. The van der Waals surface area contributed by atoms with Gasteiger partial charge in [0.2, 0.25) is 0 Å². The Morgan fingerprint density at radius 1 is 0.966 bits per heavy atom. The van der Waals surface area contributed by atoms with E-state index < -0.39 is 10.8 Å². The van der Waals surface area contributed by atoms with Crippen LogP contribution in [-0.4, -0.2) is 16.7 Å². The first-order valence-corrected chi connectivity index (χ1v) is 11.0. The van der Waals surface area contributed by atoms with E-state index >= 15 is 0 Å². The van der Waals surface area contributed by atoms with Crippen molar-refractivity contribution in [1.29, 1.82) is 0 Å². The molecular formula is C23H25NO4S. The van der Waals surface area contributed by atoms with Crippen LogP contribution in [0.1, 0.15) is 39.9 Å². The second kappa shape index (κ2) is 10.1. The van der Waals surface area contributed by atoms with Gasteiger partial charge in [-0.25, -0.2) is 0 Å². The van der Waals surface area contributed by atoms with Gasteiger partial charge in [-0.05, 0) is 49.2 Å². The van der Waals surface area contributed by atoms with Crippen LogP contribution >= 0.6 is 0 Å². The molecular weight excluding hydrogens is 386 g/mol. The Morgan fingerprint density at radius 2 is 1.66 bits per heavy atom. The number of ether oxygens (including phenoxy) is 1. The first-order chi connectivity index (χ1) is 14.0. The van der Waals surface area contributed by atoms with Gasteiger partial charge < -0.3 is 14.5 Å². The van der Waals surface area contributed by atoms with Crippen LogP contribution in [0.3, 0.4) is 0 Å². The number of amides is 1. The van der Waals surface area contributed by atoms with Gasteiger partial charge in [-0.15, -0.1) is 0 Å². The van der Waals surface area contributed by atoms with Crippen LogP contribution in [0.15, 0.2) is 65.1 Å². The van der Waals surface area contributed by atoms with E-state index in [1.54, 1.807) is 12.1 Å². The van der Waals surface area contributed by atoms with Crippen LogP contribution in [0.2, 0.25) is 0 Å². The minimum Gasteiger partial charge on any atom is -0.494 e. The Morgan fingerprint density at radius 3 is 2.34 bits per heavy atom. The average Bonchev–Trinajstić information content (AvgIpc) is 3.17. The molecule has 0 aliphatic rings. The van der Waals surface area contributed by atoms with E-state index in [-0.39, 0.29) is 17.4 Å². The van der Waals surface area contributed by atoms with Crippen molar-refractivity contribution in [2.45, 2.75) is 31.9 Å². The van der Waals surface area contributed by atoms with Gasteiger partial charge in [0.05, 0.1) is 12.4 Å². The van der Waals surface area contributed by atoms with Crippen molar-refractivity contribution in [3.05, 3.63) is 88.9 Å². The van der Waals surface area contributed by atoms with Crippen LogP contribution in [-0.2, 0) is 28.9 Å². The van der Waals surface area contributed by atoms with Crippen molar-refractivity contribution in [2.24, 2.45) is 0 Å². The molecule has 1 N–H and O–H groups in total. The van der Waals surface area contributed by atoms with Crippen molar-refractivity contribution in [3.63, 3.8) is 0 Å². The molecule has 3 rings (SSSR count). The van der Waals surface area contributed by atoms with Crippen LogP contribution in [0.5, 0.6) is 5.75 Å². The fourth-order valence-corrected chi connectivity index (χ4v) is 3.94. The summed E-state index contributed by atoms with van der Waals surface area (Å²) in [7, 11) is -1.10. The molecule has 0 aliphatic heterocycles. The molecule has 1 heterocycles. The summed E-state index contributed by atoms with van der Waals surface area (Å²) in [5.41, 5.74) is 3.16. The number of carbonyl (C=O) groups excluding carboxylic acids is 1. The lowest BCUT2D eigenvalue weighted by Crippen LogP contribution is -2.22. The highest BCUT2D eigenvalue weighted by atomic mass is 32.2. The van der Waals surface area contributed by atoms with E-state index in [4.69, 9.17) is 9.15 Å². The van der Waals surface area contributed by atoms with E-state index in [1.807, 2.05) is 62.4 Å². The first-order valence-electron chi connectivity index (χ1n) is 9.52. The number of hydrogen-bond acceptors (Lipinski definition) is 4. The number of nitrogens with one attached hydrogen (secondary N) is 1. The Kier molecular flexibility index (Phi) is 7.25. The molecule has 0 bridgehead atoms. The highest BCUT2D eigenvalue weighted by Gasteiger charge is 2.13. The lowest BCUT2D eigenvalue weighted by atomic mass is 10.2. The van der Waals surface area contributed by atoms with Gasteiger partial charge in [-0.3, -0.25) is 9.00 Å². The van der Waals surface area contributed by atoms with Gasteiger partial charge in [-0.2, -0.15) is 0 Å². The Hall–Kier alpha value is -2.86. The van der Waals surface area contributed by atoms with Gasteiger partial charge in [-0.1, -0.05) is 42.0 Å². The second-order valence-electron chi connectivity index (χ2n) is 6.74. The molecule has 152 valence electrons. The molecule has 0 fully saturated rings. The topological polar surface area (TPSA) is 68.5 Å². The highest BCUT2D eigenvalue weighted by Crippen LogP contribution is 2.15. The van der Waals surface area contributed by atoms with Crippen LogP contribution < -0.4 is 10.1 Å². The average molecular weight is 412 g/mol. The maximum atomic E-state index is 12.4. The van der Waals surface area contributed by atoms with E-state index in [0.29, 0.717) is 24.7 Å². The third kappa shape index (κ3) is 6.32. The van der Waals surface area contributed by atoms with Crippen molar-refractivity contribution in [2.75, 3.05) is 6.61 Å². The summed E-state index contributed by atoms with van der Waals surface area (Å²) in [6.45, 7) is 4.96. The molecule has 1 atom stereocenters. The lowest BCUT2D eigenvalue weighted by molar-refractivity contribution is 0.0921. The zero-order chi connectivity index (χ0) is 20.6. The lowest BCUT2D eigenvalue weighted by Gasteiger charge is -2.06. The van der Waals surface area contributed by atoms with E-state index in [9.17, 15) is 9.00 Å². The summed E-state index contributed by atoms with van der Waals surface area (Å²) in [4.78, 5) is 12.3. The normalized spacial score (nSPS) is 11.8. The number of furan rings is 1. The molecule has 5 nitrogen and oxygen atoms in total. The quantitative estimate of drug-likeness (QED) is 0.568. The molecule has 0 aliphatic carbocycles. The fourth-order valence-electron chi connectivity index (χ4n) is 2.80. The van der Waals surface area contributed by atoms with Crippen molar-refractivity contribution < 1.29 is 18.2 Å². The van der Waals surface area contributed by atoms with Crippen molar-refractivity contribution in [3.8, 4) is 5.75 Å². The largest absolute Gasteiger partial charge is 0.494 e. The van der Waals surface area contributed by atoms with Gasteiger partial charge in [0, 0.05) is 23.1 Å². The predicted molar refractivity (Wildman–Crippen MR) is 114 cm³/mol. The van der Waals surface area contributed by atoms with Gasteiger partial charge >= 0.3 is 0 Å². The minimum atomic E-state index is -1.10. The number of benzene rings is 2. The van der Waals surface area contributed by atoms with E-state index in [0.717, 1.165) is 16.9 Å². The smallest absolute Gasteiger partial charge is 0.287 e. The molecule has 0 unspecified atom stereocenters. The molecule has 3 aromatic rings. The summed E-state index contributed by atoms with van der Waals surface area (Å²) in [6.07, 6.45) is 0. The van der Waals surface area contributed by atoms with Gasteiger partial charge in [0.15, 0.2) is 5.76 Å². The summed E-state index contributed by atoms with van der Waals surface area (Å²) in [5.74, 6) is 2.01. The third-order valence-corrected chi connectivity index (χ3v) is 5.59. The van der Waals surface area contributed by atoms with Gasteiger partial charge in [0.25, 0.3) is 5.91 Å². The van der Waals surface area contributed by atoms with Crippen LogP contribution in [0.25, 0.3) is 0 Å². The number of hydrogen-bond donors (Lipinski definition) is 1. The zero-order valence-electron chi connectivity index (χ0n) is 16.6. The molecule has 6 heteroatoms. The molecule has 0 spiro atoms. The first kappa shape index (κ1) is 20.9. The van der Waals surface area contributed by atoms with Gasteiger partial charge in [0.1, 0.15) is 11.5 Å². The molecule has 1 amide bonds. The minimum absolute atomic E-state index is 0.221. The summed E-state index contributed by atoms with van der Waals surface area (Å²) >= 11 is 0. The number of carbonyl (C=O) groups is 1. The van der Waals surface area contributed by atoms with Crippen molar-refractivity contribution in [1.82, 2.24) is 5.32 Å². The molecule has 1 aromatic heterocycles. The predicted octanol–water partition coefficient (Wildman–Crippen LogP) is 4.37. The van der Waals surface area contributed by atoms with E-state index in [1.165, 1.54) is 5.56 Å².